The second-order valence-electron chi connectivity index (χ2n) is 33.0. The van der Waals surface area contributed by atoms with Crippen LogP contribution in [0, 0.1) is 77.8 Å². The molecule has 0 aliphatic heterocycles. The summed E-state index contributed by atoms with van der Waals surface area (Å²) in [6.45, 7) is 65.3. The first-order valence-corrected chi connectivity index (χ1v) is 29.8. The number of Topliss-reactive ketones (excluding diaryl/α,β-unsaturated/α-hetero) is 10. The van der Waals surface area contributed by atoms with Crippen LogP contribution in [-0.4, -0.2) is 57.8 Å². The quantitative estimate of drug-likeness (QED) is 0.107. The second kappa shape index (κ2) is 33.7. The molecule has 10 nitrogen and oxygen atoms in total. The van der Waals surface area contributed by atoms with E-state index in [0.29, 0.717) is 44.9 Å². The van der Waals surface area contributed by atoms with Gasteiger partial charge in [-0.25, -0.2) is 0 Å². The van der Waals surface area contributed by atoms with Crippen LogP contribution >= 0.6 is 0 Å². The fraction of sp³-hybridized carbons (Fsp3) is 0.855. The number of carbonyl (C=O) groups excluding carboxylic acids is 10. The smallest absolute Gasteiger partial charge is 0.141 e. The summed E-state index contributed by atoms with van der Waals surface area (Å²) in [7, 11) is 0. The highest BCUT2D eigenvalue weighted by Crippen LogP contribution is 2.31. The van der Waals surface area contributed by atoms with Crippen LogP contribution < -0.4 is 0 Å². The Hall–Kier alpha value is -3.30. The van der Waals surface area contributed by atoms with Gasteiger partial charge in [-0.1, -0.05) is 235 Å². The fourth-order valence-electron chi connectivity index (χ4n) is 7.52. The number of unbranched alkanes of at least 4 members (excludes halogenated alkanes) is 1. The minimum absolute atomic E-state index is 0.0419. The van der Waals surface area contributed by atoms with E-state index in [2.05, 4.69) is 0 Å². The molecule has 0 radical (unpaired) electrons. The van der Waals surface area contributed by atoms with Gasteiger partial charge >= 0.3 is 0 Å². The SMILES string of the molecule is CC(C(=O)C(C)(C)C)C(C)C(=O)C(C)(C)C.CC(C)(C)C(=O)CCC(=O)C(C)(C)C.CC(C)(C)C(=O)CCCC(=O)C(C)(C)C.CC(C)(C)C(=O)CCCCC(=O)C(C)(C)C.CC(CCC(C)C(=O)C(C)(C)C)C(=O)C(C)(C)C. The molecule has 0 heterocycles. The molecule has 0 rings (SSSR count). The van der Waals surface area contributed by atoms with Gasteiger partial charge in [0.2, 0.25) is 0 Å². The van der Waals surface area contributed by atoms with Gasteiger partial charge in [-0.3, -0.25) is 47.9 Å². The van der Waals surface area contributed by atoms with Crippen molar-refractivity contribution in [3.05, 3.63) is 0 Å². The lowest BCUT2D eigenvalue weighted by Gasteiger charge is -2.29. The number of ketones is 10. The zero-order valence-electron chi connectivity index (χ0n) is 58.2. The lowest BCUT2D eigenvalue weighted by atomic mass is 9.73. The summed E-state index contributed by atoms with van der Waals surface area (Å²) in [5.74, 6) is 1.97. The Bertz CT molecular complexity index is 1810. The highest BCUT2D eigenvalue weighted by atomic mass is 16.2. The number of carbonyl (C=O) groups is 10. The van der Waals surface area contributed by atoms with Gasteiger partial charge in [-0.15, -0.1) is 0 Å². The Labute approximate surface area is 487 Å². The highest BCUT2D eigenvalue weighted by molar-refractivity contribution is 5.94. The van der Waals surface area contributed by atoms with Crippen molar-refractivity contribution < 1.29 is 47.9 Å². The van der Waals surface area contributed by atoms with E-state index in [1.165, 1.54) is 0 Å². The first-order chi connectivity index (χ1) is 34.4. The minimum Gasteiger partial charge on any atom is -0.299 e. The zero-order chi connectivity index (χ0) is 64.9. The lowest BCUT2D eigenvalue weighted by Crippen LogP contribution is -2.37. The predicted molar refractivity (Wildman–Crippen MR) is 332 cm³/mol. The Morgan fingerprint density at radius 2 is 0.367 bits per heavy atom. The fourth-order valence-corrected chi connectivity index (χ4v) is 7.52. The molecule has 0 spiro atoms. The van der Waals surface area contributed by atoms with Crippen molar-refractivity contribution in [3.63, 3.8) is 0 Å². The van der Waals surface area contributed by atoms with Crippen LogP contribution in [0.5, 0.6) is 0 Å². The lowest BCUT2D eigenvalue weighted by molar-refractivity contribution is -0.139. The average Bonchev–Trinajstić information content (AvgIpc) is 3.24. The second-order valence-corrected chi connectivity index (χ2v) is 33.0. The third-order valence-corrected chi connectivity index (χ3v) is 13.9. The van der Waals surface area contributed by atoms with Gasteiger partial charge in [0.25, 0.3) is 0 Å². The molecule has 0 aromatic rings. The first-order valence-electron chi connectivity index (χ1n) is 29.8. The molecule has 4 atom stereocenters. The Morgan fingerprint density at radius 1 is 0.215 bits per heavy atom. The zero-order valence-corrected chi connectivity index (χ0v) is 58.2. The molecule has 0 saturated heterocycles. The summed E-state index contributed by atoms with van der Waals surface area (Å²) in [5, 5.41) is 0. The van der Waals surface area contributed by atoms with Crippen molar-refractivity contribution in [3.8, 4) is 0 Å². The Morgan fingerprint density at radius 3 is 0.519 bits per heavy atom. The van der Waals surface area contributed by atoms with E-state index in [-0.39, 0.29) is 136 Å². The van der Waals surface area contributed by atoms with Crippen LogP contribution in [0.15, 0.2) is 0 Å². The third kappa shape index (κ3) is 39.7. The Balaban J connectivity index is -0.000000289. The van der Waals surface area contributed by atoms with Crippen LogP contribution in [0.2, 0.25) is 0 Å². The van der Waals surface area contributed by atoms with Gasteiger partial charge < -0.3 is 0 Å². The maximum Gasteiger partial charge on any atom is 0.141 e. The molecular weight excluding hydrogens is 989 g/mol. The van der Waals surface area contributed by atoms with Gasteiger partial charge in [0.05, 0.1) is 0 Å². The van der Waals surface area contributed by atoms with Crippen molar-refractivity contribution >= 4 is 57.8 Å². The first kappa shape index (κ1) is 84.5. The van der Waals surface area contributed by atoms with Gasteiger partial charge in [-0.05, 0) is 32.1 Å². The molecular formula is C69H128O10. The van der Waals surface area contributed by atoms with Crippen LogP contribution in [0.1, 0.15) is 306 Å². The summed E-state index contributed by atoms with van der Waals surface area (Å²) < 4.78 is 0. The molecule has 79 heavy (non-hydrogen) atoms. The molecule has 464 valence electrons. The van der Waals surface area contributed by atoms with E-state index < -0.39 is 0 Å². The van der Waals surface area contributed by atoms with Crippen LogP contribution in [0.4, 0.5) is 0 Å². The standard InChI is InChI=1S/C16H30O2.2C14H26O2.C13H24O2.C12H22O2/c1-11(13(17)15(3,4)5)9-10-12(2)14(18)16(6,7)8;1-9(11(15)13(3,4)5)10(2)12(16)14(6,7)8;1-13(2,3)11(15)9-7-8-10-12(16)14(4,5)6;1-12(2,3)10(14)8-7-9-11(15)13(4,5)6;1-11(2,3)9(13)7-8-10(14)12(4,5)6/h11-12H,9-10H2,1-8H3;9-10H,1-8H3;7-10H2,1-6H3;7-9H2,1-6H3;7-8H2,1-6H3. The van der Waals surface area contributed by atoms with E-state index in [1.807, 2.05) is 235 Å². The summed E-state index contributed by atoms with van der Waals surface area (Å²) in [6.07, 6.45) is 6.94. The number of rotatable bonds is 20. The van der Waals surface area contributed by atoms with Crippen LogP contribution in [0.3, 0.4) is 0 Å². The third-order valence-electron chi connectivity index (χ3n) is 13.9. The maximum atomic E-state index is 12.1. The molecule has 10 heteroatoms. The highest BCUT2D eigenvalue weighted by Gasteiger charge is 2.37. The van der Waals surface area contributed by atoms with Gasteiger partial charge in [-0.2, -0.15) is 0 Å². The molecule has 0 fully saturated rings. The van der Waals surface area contributed by atoms with E-state index >= 15 is 0 Å². The summed E-state index contributed by atoms with van der Waals surface area (Å²) in [4.78, 5) is 118. The maximum absolute atomic E-state index is 12.1. The molecule has 4 unspecified atom stereocenters. The number of hydrogen-bond acceptors (Lipinski definition) is 10. The molecule has 0 aliphatic carbocycles. The Kier molecular flexibility index (Phi) is 36.1. The molecule has 0 aromatic heterocycles. The monoisotopic (exact) mass is 1120 g/mol. The summed E-state index contributed by atoms with van der Waals surface area (Å²) >= 11 is 0. The van der Waals surface area contributed by atoms with E-state index in [1.54, 1.807) is 0 Å². The molecule has 0 amide bonds. The van der Waals surface area contributed by atoms with E-state index in [9.17, 15) is 47.9 Å². The molecule has 0 N–H and O–H groups in total. The van der Waals surface area contributed by atoms with Crippen molar-refractivity contribution in [2.75, 3.05) is 0 Å². The molecule has 0 saturated carbocycles. The van der Waals surface area contributed by atoms with Gasteiger partial charge in [0, 0.05) is 116 Å². The summed E-state index contributed by atoms with van der Waals surface area (Å²) in [6, 6.07) is 0. The molecule has 0 aromatic carbocycles. The van der Waals surface area contributed by atoms with Crippen molar-refractivity contribution in [2.45, 2.75) is 306 Å². The number of hydrogen-bond donors (Lipinski definition) is 0. The molecule has 0 bridgehead atoms. The van der Waals surface area contributed by atoms with Gasteiger partial charge in [0.1, 0.15) is 57.8 Å². The van der Waals surface area contributed by atoms with E-state index in [4.69, 9.17) is 0 Å². The normalized spacial score (nSPS) is 14.3. The van der Waals surface area contributed by atoms with Crippen molar-refractivity contribution in [2.24, 2.45) is 77.8 Å². The topological polar surface area (TPSA) is 171 Å². The van der Waals surface area contributed by atoms with Crippen molar-refractivity contribution in [1.82, 2.24) is 0 Å². The average molecular weight is 1120 g/mol. The minimum atomic E-state index is -0.369. The van der Waals surface area contributed by atoms with Crippen LogP contribution in [0.25, 0.3) is 0 Å². The summed E-state index contributed by atoms with van der Waals surface area (Å²) in [5.41, 5.74) is -2.97. The van der Waals surface area contributed by atoms with E-state index in [0.717, 1.165) is 25.7 Å². The largest absolute Gasteiger partial charge is 0.299 e. The van der Waals surface area contributed by atoms with Crippen LogP contribution in [-0.2, 0) is 47.9 Å². The molecule has 0 aliphatic rings. The van der Waals surface area contributed by atoms with Crippen molar-refractivity contribution in [1.29, 1.82) is 0 Å². The van der Waals surface area contributed by atoms with Gasteiger partial charge in [0.15, 0.2) is 0 Å². The predicted octanol–water partition coefficient (Wildman–Crippen LogP) is 17.9.